The van der Waals surface area contributed by atoms with Crippen LogP contribution in [0.2, 0.25) is 0 Å². The predicted molar refractivity (Wildman–Crippen MR) is 123 cm³/mol. The molecule has 2 N–H and O–H groups in total. The fourth-order valence-corrected chi connectivity index (χ4v) is 5.07. The number of carbonyl (C=O) groups excluding carboxylic acids is 2. The second-order valence-electron chi connectivity index (χ2n) is 8.16. The van der Waals surface area contributed by atoms with E-state index < -0.39 is 10.0 Å². The Hall–Kier alpha value is -2.75. The third-order valence-corrected chi connectivity index (χ3v) is 7.80. The third kappa shape index (κ3) is 5.17. The maximum Gasteiger partial charge on any atom is 0.255 e. The van der Waals surface area contributed by atoms with E-state index in [1.807, 2.05) is 0 Å². The fraction of sp³-hybridized carbons (Fsp3) is 0.391. The van der Waals surface area contributed by atoms with Crippen molar-refractivity contribution in [2.75, 3.05) is 43.4 Å². The average Bonchev–Trinajstić information content (AvgIpc) is 3.66. The number of benzene rings is 2. The molecule has 2 aliphatic rings. The number of hydrogen-bond acceptors (Lipinski definition) is 5. The summed E-state index contributed by atoms with van der Waals surface area (Å²) >= 11 is 0. The molecule has 0 radical (unpaired) electrons. The van der Waals surface area contributed by atoms with E-state index in [9.17, 15) is 18.0 Å². The summed E-state index contributed by atoms with van der Waals surface area (Å²) in [5.74, 6) is -0.174. The molecule has 0 aromatic heterocycles. The van der Waals surface area contributed by atoms with Gasteiger partial charge in [0.15, 0.2) is 0 Å². The van der Waals surface area contributed by atoms with Crippen LogP contribution in [0.25, 0.3) is 0 Å². The summed E-state index contributed by atoms with van der Waals surface area (Å²) in [5, 5.41) is 5.62. The molecule has 2 amide bonds. The van der Waals surface area contributed by atoms with Crippen LogP contribution < -0.4 is 10.6 Å². The number of carbonyl (C=O) groups is 2. The van der Waals surface area contributed by atoms with Crippen molar-refractivity contribution in [3.63, 3.8) is 0 Å². The maximum atomic E-state index is 12.9. The maximum absolute atomic E-state index is 12.9. The predicted octanol–water partition coefficient (Wildman–Crippen LogP) is 2.61. The fourth-order valence-electron chi connectivity index (χ4n) is 3.64. The molecule has 2 fully saturated rings. The van der Waals surface area contributed by atoms with Crippen LogP contribution in [-0.4, -0.2) is 62.2 Å². The molecule has 2 aromatic carbocycles. The van der Waals surface area contributed by atoms with Crippen molar-refractivity contribution < 1.29 is 18.0 Å². The van der Waals surface area contributed by atoms with Gasteiger partial charge in [-0.15, -0.1) is 0 Å². The molecule has 170 valence electrons. The van der Waals surface area contributed by atoms with E-state index >= 15 is 0 Å². The highest BCUT2D eigenvalue weighted by atomic mass is 32.2. The van der Waals surface area contributed by atoms with Gasteiger partial charge in [0, 0.05) is 49.0 Å². The summed E-state index contributed by atoms with van der Waals surface area (Å²) in [6, 6.07) is 12.9. The van der Waals surface area contributed by atoms with E-state index in [0.29, 0.717) is 30.0 Å². The lowest BCUT2D eigenvalue weighted by Crippen LogP contribution is -2.48. The number of amides is 2. The van der Waals surface area contributed by atoms with Crippen LogP contribution in [0.5, 0.6) is 0 Å². The van der Waals surface area contributed by atoms with E-state index in [4.69, 9.17) is 0 Å². The zero-order chi connectivity index (χ0) is 22.7. The molecule has 0 unspecified atom stereocenters. The van der Waals surface area contributed by atoms with Crippen LogP contribution in [0.15, 0.2) is 53.4 Å². The molecule has 1 heterocycles. The van der Waals surface area contributed by atoms with Gasteiger partial charge < -0.3 is 15.5 Å². The van der Waals surface area contributed by atoms with Crippen molar-refractivity contribution in [1.29, 1.82) is 0 Å². The smallest absolute Gasteiger partial charge is 0.255 e. The highest BCUT2D eigenvalue weighted by molar-refractivity contribution is 7.89. The number of nitrogens with zero attached hydrogens (tertiary/aromatic N) is 2. The van der Waals surface area contributed by atoms with E-state index in [0.717, 1.165) is 32.5 Å². The minimum atomic E-state index is -3.55. The highest BCUT2D eigenvalue weighted by Gasteiger charge is 2.30. The average molecular weight is 457 g/mol. The molecule has 1 aliphatic heterocycles. The molecule has 1 aliphatic carbocycles. The Labute approximate surface area is 188 Å². The van der Waals surface area contributed by atoms with Crippen LogP contribution in [0, 0.1) is 5.92 Å². The zero-order valence-electron chi connectivity index (χ0n) is 18.1. The van der Waals surface area contributed by atoms with Gasteiger partial charge >= 0.3 is 0 Å². The van der Waals surface area contributed by atoms with E-state index in [1.165, 1.54) is 16.4 Å². The van der Waals surface area contributed by atoms with Gasteiger partial charge in [-0.1, -0.05) is 6.92 Å². The van der Waals surface area contributed by atoms with Gasteiger partial charge in [-0.05, 0) is 67.9 Å². The first-order valence-corrected chi connectivity index (χ1v) is 12.4. The molecular formula is C23H28N4O4S. The Balaban J connectivity index is 1.35. The zero-order valence-corrected chi connectivity index (χ0v) is 18.9. The summed E-state index contributed by atoms with van der Waals surface area (Å²) in [6.45, 7) is 5.40. The molecule has 32 heavy (non-hydrogen) atoms. The highest BCUT2D eigenvalue weighted by Crippen LogP contribution is 2.30. The lowest BCUT2D eigenvalue weighted by molar-refractivity contribution is -0.117. The second-order valence-corrected chi connectivity index (χ2v) is 10.1. The molecule has 0 spiro atoms. The summed E-state index contributed by atoms with van der Waals surface area (Å²) in [6.07, 6.45) is 1.86. The molecule has 4 rings (SSSR count). The van der Waals surface area contributed by atoms with E-state index in [2.05, 4.69) is 22.5 Å². The SMILES string of the molecule is CCN1CCN(S(=O)(=O)c2ccc(NC(=O)c3ccc(NC(=O)C4CC4)cc3)cc2)CC1. The van der Waals surface area contributed by atoms with Gasteiger partial charge in [-0.3, -0.25) is 9.59 Å². The molecule has 2 aromatic rings. The molecule has 8 nitrogen and oxygen atoms in total. The van der Waals surface area contributed by atoms with Crippen molar-refractivity contribution in [2.45, 2.75) is 24.7 Å². The number of likely N-dealkylation sites (N-methyl/N-ethyl adjacent to an activating group) is 1. The molecular weight excluding hydrogens is 428 g/mol. The first-order chi connectivity index (χ1) is 15.4. The summed E-state index contributed by atoms with van der Waals surface area (Å²) < 4.78 is 27.3. The van der Waals surface area contributed by atoms with E-state index in [-0.39, 0.29) is 22.6 Å². The second kappa shape index (κ2) is 9.40. The van der Waals surface area contributed by atoms with Gasteiger partial charge in [-0.25, -0.2) is 8.42 Å². The van der Waals surface area contributed by atoms with Crippen molar-refractivity contribution in [3.8, 4) is 0 Å². The van der Waals surface area contributed by atoms with Gasteiger partial charge in [0.25, 0.3) is 5.91 Å². The first kappa shape index (κ1) is 22.4. The number of piperazine rings is 1. The van der Waals surface area contributed by atoms with Gasteiger partial charge in [0.2, 0.25) is 15.9 Å². The molecule has 1 saturated heterocycles. The lowest BCUT2D eigenvalue weighted by atomic mass is 10.2. The Morgan fingerprint density at radius 2 is 1.44 bits per heavy atom. The summed E-state index contributed by atoms with van der Waals surface area (Å²) in [7, 11) is -3.55. The number of nitrogens with one attached hydrogen (secondary N) is 2. The number of anilines is 2. The largest absolute Gasteiger partial charge is 0.326 e. The van der Waals surface area contributed by atoms with Gasteiger partial charge in [0.05, 0.1) is 4.90 Å². The minimum Gasteiger partial charge on any atom is -0.326 e. The Bertz CT molecular complexity index is 1070. The Morgan fingerprint density at radius 3 is 2.00 bits per heavy atom. The van der Waals surface area contributed by atoms with Crippen LogP contribution in [0.1, 0.15) is 30.1 Å². The lowest BCUT2D eigenvalue weighted by Gasteiger charge is -2.33. The topological polar surface area (TPSA) is 98.8 Å². The van der Waals surface area contributed by atoms with Crippen LogP contribution in [0.4, 0.5) is 11.4 Å². The number of rotatable bonds is 7. The molecule has 9 heteroatoms. The quantitative estimate of drug-likeness (QED) is 0.667. The monoisotopic (exact) mass is 456 g/mol. The van der Waals surface area contributed by atoms with Gasteiger partial charge in [0.1, 0.15) is 0 Å². The first-order valence-electron chi connectivity index (χ1n) is 10.9. The minimum absolute atomic E-state index is 0.0180. The summed E-state index contributed by atoms with van der Waals surface area (Å²) in [5.41, 5.74) is 1.61. The normalized spacial score (nSPS) is 17.7. The summed E-state index contributed by atoms with van der Waals surface area (Å²) in [4.78, 5) is 26.8. The molecule has 0 atom stereocenters. The third-order valence-electron chi connectivity index (χ3n) is 5.89. The molecule has 1 saturated carbocycles. The number of hydrogen-bond donors (Lipinski definition) is 2. The van der Waals surface area contributed by atoms with Crippen LogP contribution in [0.3, 0.4) is 0 Å². The van der Waals surface area contributed by atoms with Crippen molar-refractivity contribution >= 4 is 33.2 Å². The Kier molecular flexibility index (Phi) is 6.59. The van der Waals surface area contributed by atoms with Crippen LogP contribution >= 0.6 is 0 Å². The Morgan fingerprint density at radius 1 is 0.875 bits per heavy atom. The van der Waals surface area contributed by atoms with Gasteiger partial charge in [-0.2, -0.15) is 4.31 Å². The van der Waals surface area contributed by atoms with Crippen molar-refractivity contribution in [1.82, 2.24) is 9.21 Å². The van der Waals surface area contributed by atoms with Crippen molar-refractivity contribution in [3.05, 3.63) is 54.1 Å². The van der Waals surface area contributed by atoms with E-state index in [1.54, 1.807) is 36.4 Å². The number of sulfonamides is 1. The van der Waals surface area contributed by atoms with Crippen LogP contribution in [-0.2, 0) is 14.8 Å². The van der Waals surface area contributed by atoms with Crippen molar-refractivity contribution in [2.24, 2.45) is 5.92 Å². The standard InChI is InChI=1S/C23H28N4O4S/c1-2-26-13-15-27(16-14-26)32(30,31)21-11-9-20(10-12-21)25-23(29)18-5-7-19(8-6-18)24-22(28)17-3-4-17/h5-12,17H,2-4,13-16H2,1H3,(H,24,28)(H,25,29). The molecule has 0 bridgehead atoms.